The standard InChI is InChI=1S/C28H26N6O2S3/c1-17-8-7-9-18(2)25(17)31-24(36)16-38-28-30-21-13-12-20(14-22(21)39-28)29-23(35)15-37-27-33-32-26(34(27)3)19-10-5-4-6-11-19/h4-14H,15-16H2,1-3H3,(H,29,35)(H,31,36). The van der Waals surface area contributed by atoms with E-state index in [1.54, 1.807) is 0 Å². The zero-order valence-corrected chi connectivity index (χ0v) is 24.0. The Labute approximate surface area is 238 Å². The van der Waals surface area contributed by atoms with Gasteiger partial charge in [0, 0.05) is 24.0 Å². The summed E-state index contributed by atoms with van der Waals surface area (Å²) < 4.78 is 3.63. The van der Waals surface area contributed by atoms with Crippen LogP contribution in [0.4, 0.5) is 11.4 Å². The number of nitrogens with zero attached hydrogens (tertiary/aromatic N) is 4. The van der Waals surface area contributed by atoms with E-state index in [1.807, 2.05) is 92.2 Å². The minimum absolute atomic E-state index is 0.0686. The van der Waals surface area contributed by atoms with E-state index in [9.17, 15) is 9.59 Å². The van der Waals surface area contributed by atoms with Gasteiger partial charge in [-0.05, 0) is 43.2 Å². The number of amides is 2. The van der Waals surface area contributed by atoms with Crippen LogP contribution < -0.4 is 10.6 Å². The number of aromatic nitrogens is 4. The molecule has 39 heavy (non-hydrogen) atoms. The van der Waals surface area contributed by atoms with Crippen LogP contribution in [-0.2, 0) is 16.6 Å². The first-order chi connectivity index (χ1) is 18.9. The number of hydrogen-bond donors (Lipinski definition) is 2. The number of nitrogens with one attached hydrogen (secondary N) is 2. The minimum Gasteiger partial charge on any atom is -0.325 e. The number of para-hydroxylation sites is 1. The lowest BCUT2D eigenvalue weighted by molar-refractivity contribution is -0.114. The number of thiazole rings is 1. The highest BCUT2D eigenvalue weighted by atomic mass is 32.2. The second-order valence-corrected chi connectivity index (χ2v) is 12.0. The molecule has 0 fully saturated rings. The summed E-state index contributed by atoms with van der Waals surface area (Å²) in [5.41, 5.74) is 5.44. The van der Waals surface area contributed by atoms with Crippen LogP contribution in [0.25, 0.3) is 21.6 Å². The van der Waals surface area contributed by atoms with Crippen LogP contribution in [0.1, 0.15) is 11.1 Å². The van der Waals surface area contributed by atoms with Crippen molar-refractivity contribution in [1.29, 1.82) is 0 Å². The van der Waals surface area contributed by atoms with Crippen molar-refractivity contribution in [3.05, 3.63) is 77.9 Å². The second kappa shape index (κ2) is 12.0. The molecule has 0 radical (unpaired) electrons. The quantitative estimate of drug-likeness (QED) is 0.203. The molecule has 2 heterocycles. The Bertz CT molecular complexity index is 1630. The third kappa shape index (κ3) is 6.49. The topological polar surface area (TPSA) is 102 Å². The number of anilines is 2. The van der Waals surface area contributed by atoms with Gasteiger partial charge in [-0.3, -0.25) is 9.59 Å². The van der Waals surface area contributed by atoms with Crippen molar-refractivity contribution in [3.63, 3.8) is 0 Å². The first-order valence-electron chi connectivity index (χ1n) is 12.1. The molecule has 0 bridgehead atoms. The molecule has 2 amide bonds. The number of benzene rings is 3. The molecule has 2 N–H and O–H groups in total. The van der Waals surface area contributed by atoms with Gasteiger partial charge in [-0.25, -0.2) is 4.98 Å². The summed E-state index contributed by atoms with van der Waals surface area (Å²) in [6.07, 6.45) is 0. The SMILES string of the molecule is Cc1cccc(C)c1NC(=O)CSc1nc2ccc(NC(=O)CSc3nnc(-c4ccccc4)n3C)cc2s1. The van der Waals surface area contributed by atoms with Crippen LogP contribution in [-0.4, -0.2) is 43.1 Å². The number of carbonyl (C=O) groups excluding carboxylic acids is 2. The molecule has 0 aliphatic carbocycles. The van der Waals surface area contributed by atoms with E-state index >= 15 is 0 Å². The van der Waals surface area contributed by atoms with Crippen LogP contribution in [0.5, 0.6) is 0 Å². The fourth-order valence-electron chi connectivity index (χ4n) is 3.96. The number of rotatable bonds is 9. The van der Waals surface area contributed by atoms with Crippen LogP contribution in [0.3, 0.4) is 0 Å². The lowest BCUT2D eigenvalue weighted by Gasteiger charge is -2.10. The Balaban J connectivity index is 1.15. The molecule has 0 saturated heterocycles. The Kier molecular flexibility index (Phi) is 8.30. The molecule has 5 rings (SSSR count). The fraction of sp³-hybridized carbons (Fsp3) is 0.179. The molecule has 0 spiro atoms. The zero-order valence-electron chi connectivity index (χ0n) is 21.6. The summed E-state index contributed by atoms with van der Waals surface area (Å²) in [4.78, 5) is 29.8. The maximum Gasteiger partial charge on any atom is 0.234 e. The highest BCUT2D eigenvalue weighted by Gasteiger charge is 2.14. The molecular weight excluding hydrogens is 549 g/mol. The molecule has 0 atom stereocenters. The average molecular weight is 575 g/mol. The van der Waals surface area contributed by atoms with Crippen molar-refractivity contribution in [2.75, 3.05) is 22.1 Å². The summed E-state index contributed by atoms with van der Waals surface area (Å²) in [5.74, 6) is 1.03. The molecule has 0 aliphatic heterocycles. The first-order valence-corrected chi connectivity index (χ1v) is 14.9. The Morgan fingerprint density at radius 2 is 1.59 bits per heavy atom. The molecule has 0 unspecified atom stereocenters. The highest BCUT2D eigenvalue weighted by Crippen LogP contribution is 2.32. The fourth-order valence-corrected chi connectivity index (χ4v) is 6.58. The van der Waals surface area contributed by atoms with Crippen molar-refractivity contribution < 1.29 is 9.59 Å². The lowest BCUT2D eigenvalue weighted by atomic mass is 10.1. The lowest BCUT2D eigenvalue weighted by Crippen LogP contribution is -2.15. The minimum atomic E-state index is -0.133. The van der Waals surface area contributed by atoms with E-state index < -0.39 is 0 Å². The second-order valence-electron chi connectivity index (χ2n) is 8.83. The van der Waals surface area contributed by atoms with E-state index in [0.29, 0.717) is 10.8 Å². The van der Waals surface area contributed by atoms with Crippen molar-refractivity contribution in [1.82, 2.24) is 19.7 Å². The zero-order chi connectivity index (χ0) is 27.4. The Morgan fingerprint density at radius 1 is 0.872 bits per heavy atom. The van der Waals surface area contributed by atoms with Gasteiger partial charge in [-0.15, -0.1) is 21.5 Å². The third-order valence-electron chi connectivity index (χ3n) is 5.92. The van der Waals surface area contributed by atoms with E-state index in [-0.39, 0.29) is 23.3 Å². The van der Waals surface area contributed by atoms with E-state index in [0.717, 1.165) is 42.8 Å². The maximum absolute atomic E-state index is 12.6. The molecule has 0 aliphatic rings. The molecule has 3 aromatic carbocycles. The monoisotopic (exact) mass is 574 g/mol. The average Bonchev–Trinajstić information content (AvgIpc) is 3.51. The summed E-state index contributed by atoms with van der Waals surface area (Å²) in [6.45, 7) is 3.96. The smallest absolute Gasteiger partial charge is 0.234 e. The van der Waals surface area contributed by atoms with Crippen LogP contribution in [0, 0.1) is 13.8 Å². The molecule has 198 valence electrons. The van der Waals surface area contributed by atoms with Gasteiger partial charge in [0.2, 0.25) is 11.8 Å². The number of thioether (sulfide) groups is 2. The van der Waals surface area contributed by atoms with Gasteiger partial charge in [0.05, 0.1) is 21.7 Å². The normalized spacial score (nSPS) is 11.1. The number of hydrogen-bond acceptors (Lipinski definition) is 8. The van der Waals surface area contributed by atoms with Crippen LogP contribution >= 0.6 is 34.9 Å². The first kappa shape index (κ1) is 26.9. The van der Waals surface area contributed by atoms with Crippen molar-refractivity contribution in [2.45, 2.75) is 23.3 Å². The number of aryl methyl sites for hydroxylation is 2. The van der Waals surface area contributed by atoms with Gasteiger partial charge in [0.25, 0.3) is 0 Å². The highest BCUT2D eigenvalue weighted by molar-refractivity contribution is 8.01. The summed E-state index contributed by atoms with van der Waals surface area (Å²) in [5, 5.41) is 15.1. The Hall–Kier alpha value is -3.67. The summed E-state index contributed by atoms with van der Waals surface area (Å²) in [7, 11) is 1.89. The summed E-state index contributed by atoms with van der Waals surface area (Å²) >= 11 is 4.24. The van der Waals surface area contributed by atoms with E-state index in [1.165, 1.54) is 34.9 Å². The van der Waals surface area contributed by atoms with Crippen molar-refractivity contribution in [3.8, 4) is 11.4 Å². The van der Waals surface area contributed by atoms with Crippen molar-refractivity contribution in [2.24, 2.45) is 7.05 Å². The predicted octanol–water partition coefficient (Wildman–Crippen LogP) is 6.17. The Morgan fingerprint density at radius 3 is 2.36 bits per heavy atom. The molecule has 0 saturated carbocycles. The molecule has 11 heteroatoms. The summed E-state index contributed by atoms with van der Waals surface area (Å²) in [6, 6.07) is 21.4. The molecule has 5 aromatic rings. The third-order valence-corrected chi connectivity index (χ3v) is 9.11. The number of fused-ring (bicyclic) bond motifs is 1. The van der Waals surface area contributed by atoms with Gasteiger partial charge >= 0.3 is 0 Å². The van der Waals surface area contributed by atoms with Gasteiger partial charge in [0.15, 0.2) is 15.3 Å². The van der Waals surface area contributed by atoms with E-state index in [4.69, 9.17) is 0 Å². The predicted molar refractivity (Wildman–Crippen MR) is 161 cm³/mol. The van der Waals surface area contributed by atoms with Gasteiger partial charge in [0.1, 0.15) is 0 Å². The van der Waals surface area contributed by atoms with Gasteiger partial charge in [-0.1, -0.05) is 72.1 Å². The largest absolute Gasteiger partial charge is 0.325 e. The van der Waals surface area contributed by atoms with Gasteiger partial charge < -0.3 is 15.2 Å². The van der Waals surface area contributed by atoms with Gasteiger partial charge in [-0.2, -0.15) is 0 Å². The van der Waals surface area contributed by atoms with Crippen molar-refractivity contribution >= 4 is 68.3 Å². The maximum atomic E-state index is 12.6. The van der Waals surface area contributed by atoms with E-state index in [2.05, 4.69) is 25.8 Å². The molecule has 8 nitrogen and oxygen atoms in total. The molecular formula is C28H26N6O2S3. The van der Waals surface area contributed by atoms with Crippen LogP contribution in [0.15, 0.2) is 76.2 Å². The molecule has 2 aromatic heterocycles. The van der Waals surface area contributed by atoms with Crippen LogP contribution in [0.2, 0.25) is 0 Å². The number of carbonyl (C=O) groups is 2.